The summed E-state index contributed by atoms with van der Waals surface area (Å²) in [5, 5.41) is 0. The minimum absolute atomic E-state index is 0.0296. The van der Waals surface area contributed by atoms with Crippen LogP contribution < -0.4 is 0 Å². The summed E-state index contributed by atoms with van der Waals surface area (Å²) >= 11 is 0. The lowest BCUT2D eigenvalue weighted by Crippen LogP contribution is -2.41. The van der Waals surface area contributed by atoms with Gasteiger partial charge in [-0.3, -0.25) is 9.69 Å². The average Bonchev–Trinajstić information content (AvgIpc) is 2.98. The molecular weight excluding hydrogens is 280 g/mol. The summed E-state index contributed by atoms with van der Waals surface area (Å²) < 4.78 is 27.9. The number of hydrogen-bond acceptors (Lipinski definition) is 5. The summed E-state index contributed by atoms with van der Waals surface area (Å²) in [6.45, 7) is 0.723. The van der Waals surface area contributed by atoms with Crippen molar-refractivity contribution in [3.63, 3.8) is 0 Å². The lowest BCUT2D eigenvalue weighted by molar-refractivity contribution is -0.131. The van der Waals surface area contributed by atoms with E-state index in [4.69, 9.17) is 4.42 Å². The molecule has 20 heavy (non-hydrogen) atoms. The summed E-state index contributed by atoms with van der Waals surface area (Å²) in [6, 6.07) is 1.77. The zero-order valence-corrected chi connectivity index (χ0v) is 12.6. The first kappa shape index (κ1) is 15.1. The Bertz CT molecular complexity index is 553. The van der Waals surface area contributed by atoms with Gasteiger partial charge in [0.1, 0.15) is 0 Å². The average molecular weight is 300 g/mol. The van der Waals surface area contributed by atoms with E-state index in [-0.39, 0.29) is 30.0 Å². The Kier molecular flexibility index (Phi) is 4.49. The quantitative estimate of drug-likeness (QED) is 0.785. The second kappa shape index (κ2) is 5.97. The van der Waals surface area contributed by atoms with Crippen LogP contribution in [0.1, 0.15) is 12.0 Å². The van der Waals surface area contributed by atoms with Gasteiger partial charge in [0.25, 0.3) is 0 Å². The standard InChI is InChI=1S/C13H20N2O4S/c1-14(12-4-6-20(17,18)10-12)8-13(16)15(2)7-11-3-5-19-9-11/h3,5,9,12H,4,6-8,10H2,1-2H3/t12-/m1/s1. The summed E-state index contributed by atoms with van der Waals surface area (Å²) in [5.41, 5.74) is 0.937. The Labute approximate surface area is 119 Å². The molecule has 1 aliphatic heterocycles. The molecule has 1 aromatic rings. The van der Waals surface area contributed by atoms with Crippen molar-refractivity contribution in [2.45, 2.75) is 19.0 Å². The number of rotatable bonds is 5. The number of hydrogen-bond donors (Lipinski definition) is 0. The molecule has 1 aliphatic rings. The third-order valence-electron chi connectivity index (χ3n) is 3.64. The molecule has 0 N–H and O–H groups in total. The van der Waals surface area contributed by atoms with Gasteiger partial charge in [-0.25, -0.2) is 8.42 Å². The number of carbonyl (C=O) groups is 1. The Balaban J connectivity index is 1.84. The van der Waals surface area contributed by atoms with Crippen LogP contribution in [0.15, 0.2) is 23.0 Å². The van der Waals surface area contributed by atoms with Gasteiger partial charge in [0.15, 0.2) is 9.84 Å². The first-order valence-corrected chi connectivity index (χ1v) is 8.35. The first-order chi connectivity index (χ1) is 9.37. The van der Waals surface area contributed by atoms with Gasteiger partial charge in [0, 0.05) is 25.2 Å². The number of carbonyl (C=O) groups excluding carboxylic acids is 1. The van der Waals surface area contributed by atoms with Crippen LogP contribution in [-0.4, -0.2) is 62.3 Å². The van der Waals surface area contributed by atoms with E-state index in [9.17, 15) is 13.2 Å². The van der Waals surface area contributed by atoms with Crippen LogP contribution in [0.25, 0.3) is 0 Å². The number of amides is 1. The normalized spacial score (nSPS) is 21.2. The van der Waals surface area contributed by atoms with Crippen LogP contribution in [0, 0.1) is 0 Å². The van der Waals surface area contributed by atoms with Crippen LogP contribution in [0.5, 0.6) is 0 Å². The molecule has 1 saturated heterocycles. The van der Waals surface area contributed by atoms with E-state index >= 15 is 0 Å². The van der Waals surface area contributed by atoms with Crippen molar-refractivity contribution in [2.24, 2.45) is 0 Å². The maximum absolute atomic E-state index is 12.1. The van der Waals surface area contributed by atoms with Crippen molar-refractivity contribution >= 4 is 15.7 Å². The molecule has 1 fully saturated rings. The van der Waals surface area contributed by atoms with E-state index < -0.39 is 9.84 Å². The summed E-state index contributed by atoms with van der Waals surface area (Å²) in [7, 11) is 0.615. The predicted molar refractivity (Wildman–Crippen MR) is 74.9 cm³/mol. The van der Waals surface area contributed by atoms with E-state index in [0.717, 1.165) is 5.56 Å². The topological polar surface area (TPSA) is 70.8 Å². The van der Waals surface area contributed by atoms with Crippen molar-refractivity contribution in [1.29, 1.82) is 0 Å². The Hall–Kier alpha value is -1.34. The smallest absolute Gasteiger partial charge is 0.236 e. The fourth-order valence-electron chi connectivity index (χ4n) is 2.33. The van der Waals surface area contributed by atoms with Crippen molar-refractivity contribution < 1.29 is 17.6 Å². The Morgan fingerprint density at radius 1 is 1.45 bits per heavy atom. The SMILES string of the molecule is CN(Cc1ccoc1)C(=O)CN(C)[C@@H]1CCS(=O)(=O)C1. The van der Waals surface area contributed by atoms with Crippen molar-refractivity contribution in [3.05, 3.63) is 24.2 Å². The first-order valence-electron chi connectivity index (χ1n) is 6.53. The minimum atomic E-state index is -2.92. The van der Waals surface area contributed by atoms with Crippen LogP contribution >= 0.6 is 0 Å². The maximum Gasteiger partial charge on any atom is 0.236 e. The third kappa shape index (κ3) is 3.83. The van der Waals surface area contributed by atoms with E-state index in [1.54, 1.807) is 31.5 Å². The molecule has 1 aromatic heterocycles. The van der Waals surface area contributed by atoms with E-state index in [1.807, 2.05) is 11.0 Å². The highest BCUT2D eigenvalue weighted by molar-refractivity contribution is 7.91. The molecule has 0 unspecified atom stereocenters. The van der Waals surface area contributed by atoms with Crippen LogP contribution in [0.3, 0.4) is 0 Å². The van der Waals surface area contributed by atoms with Crippen molar-refractivity contribution in [2.75, 3.05) is 32.1 Å². The molecule has 1 amide bonds. The predicted octanol–water partition coefficient (Wildman–Crippen LogP) is 0.357. The minimum Gasteiger partial charge on any atom is -0.472 e. The van der Waals surface area contributed by atoms with Gasteiger partial charge < -0.3 is 9.32 Å². The molecule has 2 heterocycles. The van der Waals surface area contributed by atoms with Crippen molar-refractivity contribution in [3.8, 4) is 0 Å². The van der Waals surface area contributed by atoms with Crippen LogP contribution in [0.4, 0.5) is 0 Å². The van der Waals surface area contributed by atoms with Crippen molar-refractivity contribution in [1.82, 2.24) is 9.80 Å². The van der Waals surface area contributed by atoms with Gasteiger partial charge >= 0.3 is 0 Å². The lowest BCUT2D eigenvalue weighted by Gasteiger charge is -2.25. The van der Waals surface area contributed by atoms with Gasteiger partial charge in [0.05, 0.1) is 30.6 Å². The zero-order chi connectivity index (χ0) is 14.8. The highest BCUT2D eigenvalue weighted by Crippen LogP contribution is 2.16. The summed E-state index contributed by atoms with van der Waals surface area (Å²) in [4.78, 5) is 15.5. The van der Waals surface area contributed by atoms with Gasteiger partial charge in [-0.1, -0.05) is 0 Å². The molecule has 0 saturated carbocycles. The molecule has 0 bridgehead atoms. The van der Waals surface area contributed by atoms with Gasteiger partial charge in [-0.2, -0.15) is 0 Å². The van der Waals surface area contributed by atoms with E-state index in [2.05, 4.69) is 0 Å². The Morgan fingerprint density at radius 3 is 2.75 bits per heavy atom. The fraction of sp³-hybridized carbons (Fsp3) is 0.615. The zero-order valence-electron chi connectivity index (χ0n) is 11.8. The second-order valence-electron chi connectivity index (χ2n) is 5.35. The molecule has 6 nitrogen and oxygen atoms in total. The van der Waals surface area contributed by atoms with Crippen LogP contribution in [0.2, 0.25) is 0 Å². The molecule has 1 atom stereocenters. The molecule has 0 radical (unpaired) electrons. The molecule has 0 spiro atoms. The van der Waals surface area contributed by atoms with Gasteiger partial charge in [0.2, 0.25) is 5.91 Å². The number of sulfone groups is 1. The van der Waals surface area contributed by atoms with Gasteiger partial charge in [-0.05, 0) is 19.5 Å². The molecule has 0 aliphatic carbocycles. The summed E-state index contributed by atoms with van der Waals surface area (Å²) in [5.74, 6) is 0.349. The third-order valence-corrected chi connectivity index (χ3v) is 5.39. The van der Waals surface area contributed by atoms with E-state index in [0.29, 0.717) is 13.0 Å². The van der Waals surface area contributed by atoms with E-state index in [1.165, 1.54) is 0 Å². The summed E-state index contributed by atoms with van der Waals surface area (Å²) in [6.07, 6.45) is 3.79. The van der Waals surface area contributed by atoms with Gasteiger partial charge in [-0.15, -0.1) is 0 Å². The number of nitrogens with zero attached hydrogens (tertiary/aromatic N) is 2. The molecule has 7 heteroatoms. The molecular formula is C13H20N2O4S. The molecule has 0 aromatic carbocycles. The molecule has 112 valence electrons. The van der Waals surface area contributed by atoms with Crippen LogP contribution in [-0.2, 0) is 21.2 Å². The highest BCUT2D eigenvalue weighted by Gasteiger charge is 2.31. The Morgan fingerprint density at radius 2 is 2.20 bits per heavy atom. The number of furan rings is 1. The number of likely N-dealkylation sites (N-methyl/N-ethyl adjacent to an activating group) is 2. The lowest BCUT2D eigenvalue weighted by atomic mass is 10.2. The largest absolute Gasteiger partial charge is 0.472 e. The highest BCUT2D eigenvalue weighted by atomic mass is 32.2. The fourth-order valence-corrected chi connectivity index (χ4v) is 4.14. The second-order valence-corrected chi connectivity index (χ2v) is 7.58. The molecule has 2 rings (SSSR count). The monoisotopic (exact) mass is 300 g/mol. The maximum atomic E-state index is 12.1.